The first kappa shape index (κ1) is 12.6. The highest BCUT2D eigenvalue weighted by atomic mass is 79.9. The molecule has 2 aromatic rings. The van der Waals surface area contributed by atoms with Crippen molar-refractivity contribution < 1.29 is 8.78 Å². The predicted octanol–water partition coefficient (Wildman–Crippen LogP) is 3.16. The van der Waals surface area contributed by atoms with Crippen LogP contribution in [0.1, 0.15) is 0 Å². The van der Waals surface area contributed by atoms with Crippen molar-refractivity contribution in [1.82, 2.24) is 9.97 Å². The number of halogens is 3. The number of aromatic nitrogens is 2. The van der Waals surface area contributed by atoms with Gasteiger partial charge < -0.3 is 4.90 Å². The van der Waals surface area contributed by atoms with Gasteiger partial charge in [-0.2, -0.15) is 0 Å². The third-order valence-electron chi connectivity index (χ3n) is 2.25. The van der Waals surface area contributed by atoms with Crippen molar-refractivity contribution in [3.05, 3.63) is 17.8 Å². The fourth-order valence-electron chi connectivity index (χ4n) is 1.58. The SMILES string of the molecule is FC(F)CN(CCBr)c1ncnc2sccc12. The molecule has 0 atom stereocenters. The largest absolute Gasteiger partial charge is 0.349 e. The van der Waals surface area contributed by atoms with Crippen LogP contribution in [0.15, 0.2) is 17.8 Å². The molecule has 0 fully saturated rings. The van der Waals surface area contributed by atoms with Crippen molar-refractivity contribution in [3.8, 4) is 0 Å². The zero-order valence-electron chi connectivity index (χ0n) is 8.81. The molecule has 0 saturated carbocycles. The minimum atomic E-state index is -2.38. The summed E-state index contributed by atoms with van der Waals surface area (Å²) >= 11 is 4.74. The van der Waals surface area contributed by atoms with Crippen LogP contribution in [-0.4, -0.2) is 34.8 Å². The molecule has 7 heteroatoms. The van der Waals surface area contributed by atoms with E-state index in [0.717, 1.165) is 10.2 Å². The Labute approximate surface area is 110 Å². The minimum Gasteiger partial charge on any atom is -0.349 e. The van der Waals surface area contributed by atoms with Gasteiger partial charge in [-0.15, -0.1) is 11.3 Å². The summed E-state index contributed by atoms with van der Waals surface area (Å²) in [6.45, 7) is 0.180. The molecule has 2 aromatic heterocycles. The predicted molar refractivity (Wildman–Crippen MR) is 69.4 cm³/mol. The summed E-state index contributed by atoms with van der Waals surface area (Å²) in [5, 5.41) is 3.34. The van der Waals surface area contributed by atoms with Crippen LogP contribution in [0.2, 0.25) is 0 Å². The summed E-state index contributed by atoms with van der Waals surface area (Å²) < 4.78 is 25.0. The third kappa shape index (κ3) is 2.90. The molecule has 0 aliphatic rings. The molecular weight excluding hydrogens is 312 g/mol. The average molecular weight is 322 g/mol. The number of hydrogen-bond donors (Lipinski definition) is 0. The monoisotopic (exact) mass is 321 g/mol. The number of anilines is 1. The molecule has 0 spiro atoms. The Morgan fingerprint density at radius 1 is 1.41 bits per heavy atom. The van der Waals surface area contributed by atoms with Crippen molar-refractivity contribution in [2.24, 2.45) is 0 Å². The van der Waals surface area contributed by atoms with Crippen LogP contribution in [0.5, 0.6) is 0 Å². The first-order chi connectivity index (χ1) is 8.22. The van der Waals surface area contributed by atoms with E-state index in [1.165, 1.54) is 17.7 Å². The number of nitrogens with zero attached hydrogens (tertiary/aromatic N) is 3. The average Bonchev–Trinajstić information content (AvgIpc) is 2.75. The highest BCUT2D eigenvalue weighted by molar-refractivity contribution is 9.09. The minimum absolute atomic E-state index is 0.312. The van der Waals surface area contributed by atoms with Crippen LogP contribution < -0.4 is 4.90 Å². The van der Waals surface area contributed by atoms with Crippen LogP contribution in [0, 0.1) is 0 Å². The molecule has 0 aliphatic carbocycles. The van der Waals surface area contributed by atoms with Crippen LogP contribution in [-0.2, 0) is 0 Å². The number of hydrogen-bond acceptors (Lipinski definition) is 4. The van der Waals surface area contributed by atoms with E-state index in [2.05, 4.69) is 25.9 Å². The zero-order valence-corrected chi connectivity index (χ0v) is 11.2. The fraction of sp³-hybridized carbons (Fsp3) is 0.400. The molecule has 2 rings (SSSR count). The Balaban J connectivity index is 2.36. The summed E-state index contributed by atoms with van der Waals surface area (Å²) in [7, 11) is 0. The lowest BCUT2D eigenvalue weighted by molar-refractivity contribution is 0.155. The maximum absolute atomic E-state index is 12.5. The van der Waals surface area contributed by atoms with E-state index in [1.807, 2.05) is 11.4 Å². The number of rotatable bonds is 5. The highest BCUT2D eigenvalue weighted by Gasteiger charge is 2.16. The van der Waals surface area contributed by atoms with Gasteiger partial charge in [0.25, 0.3) is 6.43 Å². The van der Waals surface area contributed by atoms with Crippen molar-refractivity contribution in [1.29, 1.82) is 0 Å². The quantitative estimate of drug-likeness (QED) is 0.792. The third-order valence-corrected chi connectivity index (χ3v) is 3.43. The molecule has 3 nitrogen and oxygen atoms in total. The number of alkyl halides is 3. The maximum Gasteiger partial charge on any atom is 0.255 e. The molecule has 0 N–H and O–H groups in total. The summed E-state index contributed by atoms with van der Waals surface area (Å²) in [6.07, 6.45) is -0.960. The Hall–Kier alpha value is -0.820. The van der Waals surface area contributed by atoms with Crippen LogP contribution >= 0.6 is 27.3 Å². The van der Waals surface area contributed by atoms with Gasteiger partial charge >= 0.3 is 0 Å². The van der Waals surface area contributed by atoms with Gasteiger partial charge in [-0.25, -0.2) is 18.7 Å². The van der Waals surface area contributed by atoms with E-state index in [1.54, 1.807) is 4.90 Å². The smallest absolute Gasteiger partial charge is 0.255 e. The molecule has 0 bridgehead atoms. The Morgan fingerprint density at radius 2 is 2.24 bits per heavy atom. The Bertz CT molecular complexity index is 491. The van der Waals surface area contributed by atoms with Crippen molar-refractivity contribution in [3.63, 3.8) is 0 Å². The standard InChI is InChI=1S/C10H10BrF2N3S/c11-2-3-16(5-8(12)13)9-7-1-4-17-10(7)15-6-14-9/h1,4,6,8H,2-3,5H2. The van der Waals surface area contributed by atoms with Gasteiger partial charge in [0, 0.05) is 11.9 Å². The first-order valence-electron chi connectivity index (χ1n) is 4.99. The van der Waals surface area contributed by atoms with Gasteiger partial charge in [0.15, 0.2) is 0 Å². The molecule has 2 heterocycles. The Kier molecular flexibility index (Phi) is 4.22. The van der Waals surface area contributed by atoms with E-state index in [4.69, 9.17) is 0 Å². The molecule has 0 saturated heterocycles. The van der Waals surface area contributed by atoms with E-state index in [0.29, 0.717) is 17.7 Å². The van der Waals surface area contributed by atoms with Gasteiger partial charge in [-0.1, -0.05) is 15.9 Å². The second-order valence-electron chi connectivity index (χ2n) is 3.36. The fourth-order valence-corrected chi connectivity index (χ4v) is 2.74. The molecule has 0 radical (unpaired) electrons. The van der Waals surface area contributed by atoms with Gasteiger partial charge in [0.2, 0.25) is 0 Å². The van der Waals surface area contributed by atoms with Gasteiger partial charge in [-0.3, -0.25) is 0 Å². The van der Waals surface area contributed by atoms with Crippen LogP contribution in [0.25, 0.3) is 10.2 Å². The molecule has 0 amide bonds. The van der Waals surface area contributed by atoms with Crippen molar-refractivity contribution >= 4 is 43.3 Å². The summed E-state index contributed by atoms with van der Waals surface area (Å²) in [5.41, 5.74) is 0. The second-order valence-corrected chi connectivity index (χ2v) is 5.05. The normalized spacial score (nSPS) is 11.3. The van der Waals surface area contributed by atoms with Crippen LogP contribution in [0.3, 0.4) is 0 Å². The second kappa shape index (κ2) is 5.68. The maximum atomic E-state index is 12.5. The van der Waals surface area contributed by atoms with Gasteiger partial charge in [0.1, 0.15) is 17.0 Å². The lowest BCUT2D eigenvalue weighted by Gasteiger charge is -2.22. The van der Waals surface area contributed by atoms with Crippen molar-refractivity contribution in [2.45, 2.75) is 6.43 Å². The molecule has 92 valence electrons. The number of thiophene rings is 1. The van der Waals surface area contributed by atoms with E-state index >= 15 is 0 Å². The van der Waals surface area contributed by atoms with Crippen LogP contribution in [0.4, 0.5) is 14.6 Å². The summed E-state index contributed by atoms with van der Waals surface area (Å²) in [4.78, 5) is 10.6. The lowest BCUT2D eigenvalue weighted by Crippen LogP contribution is -2.31. The Morgan fingerprint density at radius 3 is 2.94 bits per heavy atom. The van der Waals surface area contributed by atoms with Gasteiger partial charge in [0.05, 0.1) is 11.9 Å². The molecule has 0 aromatic carbocycles. The highest BCUT2D eigenvalue weighted by Crippen LogP contribution is 2.27. The van der Waals surface area contributed by atoms with E-state index < -0.39 is 6.43 Å². The summed E-state index contributed by atoms with van der Waals surface area (Å²) in [6, 6.07) is 1.86. The molecule has 0 aliphatic heterocycles. The van der Waals surface area contributed by atoms with Crippen molar-refractivity contribution in [2.75, 3.05) is 23.3 Å². The molecule has 17 heavy (non-hydrogen) atoms. The molecule has 0 unspecified atom stereocenters. The van der Waals surface area contributed by atoms with E-state index in [-0.39, 0.29) is 6.54 Å². The lowest BCUT2D eigenvalue weighted by atomic mass is 10.3. The molecular formula is C10H10BrF2N3S. The zero-order chi connectivity index (χ0) is 12.3. The topological polar surface area (TPSA) is 29.0 Å². The van der Waals surface area contributed by atoms with E-state index in [9.17, 15) is 8.78 Å². The number of fused-ring (bicyclic) bond motifs is 1. The van der Waals surface area contributed by atoms with Gasteiger partial charge in [-0.05, 0) is 11.4 Å². The summed E-state index contributed by atoms with van der Waals surface area (Å²) in [5.74, 6) is 0.580. The first-order valence-corrected chi connectivity index (χ1v) is 6.99.